The molecule has 0 aromatic heterocycles. The smallest absolute Gasteiger partial charge is 0.323 e. The predicted molar refractivity (Wildman–Crippen MR) is 171 cm³/mol. The topological polar surface area (TPSA) is 129 Å². The molecule has 2 N–H and O–H groups in total. The highest BCUT2D eigenvalue weighted by molar-refractivity contribution is 5.83. The van der Waals surface area contributed by atoms with Gasteiger partial charge in [-0.3, -0.25) is 19.2 Å². The molecule has 5 aliphatic carbocycles. The number of nitrogens with one attached hydrogen (secondary N) is 2. The summed E-state index contributed by atoms with van der Waals surface area (Å²) in [5.74, 6) is 1.80. The molecular weight excluding hydrogens is 588 g/mol. The lowest BCUT2D eigenvalue weighted by Crippen LogP contribution is -2.46. The summed E-state index contributed by atoms with van der Waals surface area (Å²) in [6.45, 7) is 6.65. The minimum atomic E-state index is -0.710. The molecule has 5 saturated carbocycles. The van der Waals surface area contributed by atoms with Crippen LogP contribution in [0.15, 0.2) is 0 Å². The third-order valence-corrected chi connectivity index (χ3v) is 12.7. The number of rotatable bonds is 16. The van der Waals surface area contributed by atoms with Crippen molar-refractivity contribution >= 4 is 23.9 Å². The van der Waals surface area contributed by atoms with Crippen LogP contribution in [-0.4, -0.2) is 76.5 Å². The normalized spacial score (nSPS) is 35.8. The van der Waals surface area contributed by atoms with E-state index in [1.807, 2.05) is 0 Å². The molecule has 0 aromatic carbocycles. The first-order chi connectivity index (χ1) is 22.0. The molecule has 0 spiro atoms. The lowest BCUT2D eigenvalue weighted by Gasteiger charge is -2.35. The summed E-state index contributed by atoms with van der Waals surface area (Å²) in [4.78, 5) is 50.4. The van der Waals surface area contributed by atoms with Crippen LogP contribution in [0.1, 0.15) is 104 Å². The third kappa shape index (κ3) is 8.63. The fourth-order valence-electron chi connectivity index (χ4n) is 9.76. The monoisotopic (exact) mass is 646 g/mol. The average Bonchev–Trinajstić information content (AvgIpc) is 3.85. The van der Waals surface area contributed by atoms with Crippen LogP contribution in [0.25, 0.3) is 0 Å². The summed E-state index contributed by atoms with van der Waals surface area (Å²) in [6, 6.07) is -1.41. The Labute approximate surface area is 275 Å². The van der Waals surface area contributed by atoms with Crippen molar-refractivity contribution in [3.8, 4) is 0 Å². The first-order valence-electron chi connectivity index (χ1n) is 17.9. The molecule has 8 unspecified atom stereocenters. The van der Waals surface area contributed by atoms with Crippen molar-refractivity contribution in [3.63, 3.8) is 0 Å². The number of carbonyl (C=O) groups is 4. The molecular formula is C36H58N2O8. The summed E-state index contributed by atoms with van der Waals surface area (Å²) < 4.78 is 21.2. The maximum absolute atomic E-state index is 13.1. The molecule has 0 amide bonds. The number of fused-ring (bicyclic) bond motifs is 4. The highest BCUT2D eigenvalue weighted by atomic mass is 16.5. The van der Waals surface area contributed by atoms with E-state index >= 15 is 0 Å². The SMILES string of the molecule is COC(=O)CC(NCC1(C)CC2CCC1C2)C(=O)OCC1CCC(COC(=O)CC(NCC2(C)CC3CCC2C3)C(=O)OC)CC1. The Hall–Kier alpha value is -2.20. The number of hydrogen-bond acceptors (Lipinski definition) is 10. The zero-order chi connectivity index (χ0) is 32.9. The predicted octanol–water partition coefficient (Wildman–Crippen LogP) is 4.57. The Balaban J connectivity index is 0.997. The second-order valence-corrected chi connectivity index (χ2v) is 16.0. The largest absolute Gasteiger partial charge is 0.469 e. The van der Waals surface area contributed by atoms with Gasteiger partial charge in [-0.05, 0) is 111 Å². The average molecular weight is 647 g/mol. The maximum Gasteiger partial charge on any atom is 0.323 e. The van der Waals surface area contributed by atoms with Gasteiger partial charge in [0, 0.05) is 13.1 Å². The van der Waals surface area contributed by atoms with Crippen molar-refractivity contribution in [3.05, 3.63) is 0 Å². The Kier molecular flexibility index (Phi) is 11.7. The minimum Gasteiger partial charge on any atom is -0.469 e. The molecule has 5 aliphatic rings. The first kappa shape index (κ1) is 35.1. The summed E-state index contributed by atoms with van der Waals surface area (Å²) in [5, 5.41) is 6.71. The Morgan fingerprint density at radius 3 is 1.54 bits per heavy atom. The summed E-state index contributed by atoms with van der Waals surface area (Å²) in [6.07, 6.45) is 13.5. The van der Waals surface area contributed by atoms with Gasteiger partial charge in [0.25, 0.3) is 0 Å². The van der Waals surface area contributed by atoms with Gasteiger partial charge in [-0.2, -0.15) is 0 Å². The first-order valence-corrected chi connectivity index (χ1v) is 17.9. The fraction of sp³-hybridized carbons (Fsp3) is 0.889. The molecule has 10 heteroatoms. The van der Waals surface area contributed by atoms with Gasteiger partial charge in [0.2, 0.25) is 0 Å². The standard InChI is InChI=1S/C36H58N2O8/c1-35(17-25-9-11-27(35)13-25)21-37-29(33(41)44-4)16-32(40)45-19-23-5-7-24(8-6-23)20-46-34(42)30(15-31(39)43-3)38-22-36(2)18-26-10-12-28(36)14-26/h23-30,37-38H,5-22H2,1-4H3. The molecule has 0 saturated heterocycles. The zero-order valence-electron chi connectivity index (χ0n) is 28.6. The van der Waals surface area contributed by atoms with E-state index in [1.54, 1.807) is 0 Å². The number of hydrogen-bond donors (Lipinski definition) is 2. The van der Waals surface area contributed by atoms with Gasteiger partial charge in [0.1, 0.15) is 12.1 Å². The molecule has 8 atom stereocenters. The van der Waals surface area contributed by atoms with Crippen molar-refractivity contribution in [2.75, 3.05) is 40.5 Å². The van der Waals surface area contributed by atoms with E-state index in [0.29, 0.717) is 38.1 Å². The maximum atomic E-state index is 13.1. The Morgan fingerprint density at radius 1 is 0.630 bits per heavy atom. The van der Waals surface area contributed by atoms with Gasteiger partial charge in [0.05, 0.1) is 40.3 Å². The highest BCUT2D eigenvalue weighted by Gasteiger charge is 2.49. The second-order valence-electron chi connectivity index (χ2n) is 16.0. The van der Waals surface area contributed by atoms with Gasteiger partial charge < -0.3 is 29.6 Å². The number of methoxy groups -OCH3 is 2. The van der Waals surface area contributed by atoms with Crippen molar-refractivity contribution in [2.24, 2.45) is 46.3 Å². The van der Waals surface area contributed by atoms with Crippen LogP contribution in [0, 0.1) is 46.3 Å². The van der Waals surface area contributed by atoms with Crippen LogP contribution in [0.4, 0.5) is 0 Å². The van der Waals surface area contributed by atoms with Crippen molar-refractivity contribution < 1.29 is 38.1 Å². The lowest BCUT2D eigenvalue weighted by atomic mass is 9.74. The van der Waals surface area contributed by atoms with E-state index in [2.05, 4.69) is 24.5 Å². The van der Waals surface area contributed by atoms with Gasteiger partial charge in [-0.25, -0.2) is 0 Å². The molecule has 5 rings (SSSR count). The van der Waals surface area contributed by atoms with E-state index < -0.39 is 30.0 Å². The molecule has 0 aromatic rings. The summed E-state index contributed by atoms with van der Waals surface area (Å²) in [5.41, 5.74) is 0.321. The van der Waals surface area contributed by atoms with Crippen LogP contribution in [0.3, 0.4) is 0 Å². The molecule has 4 bridgehead atoms. The molecule has 0 radical (unpaired) electrons. The van der Waals surface area contributed by atoms with Gasteiger partial charge >= 0.3 is 23.9 Å². The number of ether oxygens (including phenoxy) is 4. The number of carbonyl (C=O) groups excluding carboxylic acids is 4. The molecule has 5 fully saturated rings. The Morgan fingerprint density at radius 2 is 1.11 bits per heavy atom. The summed E-state index contributed by atoms with van der Waals surface area (Å²) in [7, 11) is 2.69. The second kappa shape index (κ2) is 15.3. The van der Waals surface area contributed by atoms with Crippen LogP contribution in [0.2, 0.25) is 0 Å². The van der Waals surface area contributed by atoms with E-state index in [4.69, 9.17) is 18.9 Å². The minimum absolute atomic E-state index is 0.0374. The Bertz CT molecular complexity index is 1090. The summed E-state index contributed by atoms with van der Waals surface area (Å²) >= 11 is 0. The molecule has 46 heavy (non-hydrogen) atoms. The van der Waals surface area contributed by atoms with Crippen molar-refractivity contribution in [1.82, 2.24) is 10.6 Å². The third-order valence-electron chi connectivity index (χ3n) is 12.7. The van der Waals surface area contributed by atoms with Crippen LogP contribution >= 0.6 is 0 Å². The lowest BCUT2D eigenvalue weighted by molar-refractivity contribution is -0.153. The van der Waals surface area contributed by atoms with Crippen molar-refractivity contribution in [1.29, 1.82) is 0 Å². The van der Waals surface area contributed by atoms with E-state index in [0.717, 1.165) is 37.5 Å². The van der Waals surface area contributed by atoms with E-state index in [9.17, 15) is 19.2 Å². The van der Waals surface area contributed by atoms with Gasteiger partial charge in [-0.15, -0.1) is 0 Å². The molecule has 0 heterocycles. The molecule has 0 aliphatic heterocycles. The highest BCUT2D eigenvalue weighted by Crippen LogP contribution is 2.56. The van der Waals surface area contributed by atoms with Crippen LogP contribution in [-0.2, 0) is 38.1 Å². The van der Waals surface area contributed by atoms with Crippen LogP contribution in [0.5, 0.6) is 0 Å². The fourth-order valence-corrected chi connectivity index (χ4v) is 9.76. The zero-order valence-corrected chi connectivity index (χ0v) is 28.6. The van der Waals surface area contributed by atoms with Crippen molar-refractivity contribution in [2.45, 2.75) is 116 Å². The molecule has 260 valence electrons. The van der Waals surface area contributed by atoms with Crippen LogP contribution < -0.4 is 10.6 Å². The van der Waals surface area contributed by atoms with Gasteiger partial charge in [0.15, 0.2) is 0 Å². The quantitative estimate of drug-likeness (QED) is 0.182. The van der Waals surface area contributed by atoms with E-state index in [-0.39, 0.29) is 41.5 Å². The number of esters is 4. The molecule has 10 nitrogen and oxygen atoms in total. The van der Waals surface area contributed by atoms with Gasteiger partial charge in [-0.1, -0.05) is 26.7 Å². The van der Waals surface area contributed by atoms with E-state index in [1.165, 1.54) is 65.6 Å².